The number of benzene rings is 1. The number of halogens is 5. The molecule has 1 saturated heterocycles. The van der Waals surface area contributed by atoms with E-state index in [1.807, 2.05) is 0 Å². The summed E-state index contributed by atoms with van der Waals surface area (Å²) in [6.07, 6.45) is 0.252. The van der Waals surface area contributed by atoms with Crippen molar-refractivity contribution < 1.29 is 31.5 Å². The number of rotatable bonds is 10. The number of hydrogen-bond donors (Lipinski definition) is 1. The van der Waals surface area contributed by atoms with Crippen molar-refractivity contribution in [2.24, 2.45) is 0 Å². The van der Waals surface area contributed by atoms with E-state index >= 15 is 0 Å². The van der Waals surface area contributed by atoms with Gasteiger partial charge in [-0.05, 0) is 44.4 Å². The minimum Gasteiger partial charge on any atom is -0.346 e. The third-order valence-corrected chi connectivity index (χ3v) is 8.94. The zero-order chi connectivity index (χ0) is 31.5. The number of amides is 2. The van der Waals surface area contributed by atoms with E-state index in [9.17, 15) is 31.5 Å². The number of carbonyl (C=O) groups excluding carboxylic acids is 2. The van der Waals surface area contributed by atoms with Gasteiger partial charge in [0.25, 0.3) is 11.8 Å². The van der Waals surface area contributed by atoms with Crippen LogP contribution in [-0.2, 0) is 11.0 Å². The van der Waals surface area contributed by atoms with Crippen LogP contribution in [0.15, 0.2) is 35.8 Å². The number of anilines is 1. The van der Waals surface area contributed by atoms with Gasteiger partial charge in [-0.25, -0.2) is 23.4 Å². The van der Waals surface area contributed by atoms with E-state index in [1.54, 1.807) is 23.5 Å². The molecule has 1 saturated carbocycles. The van der Waals surface area contributed by atoms with Gasteiger partial charge in [0.1, 0.15) is 5.82 Å². The molecule has 0 bridgehead atoms. The summed E-state index contributed by atoms with van der Waals surface area (Å²) in [5.41, 5.74) is -1.13. The highest BCUT2D eigenvalue weighted by molar-refractivity contribution is 7.13. The van der Waals surface area contributed by atoms with E-state index in [0.717, 1.165) is 23.6 Å². The predicted molar refractivity (Wildman–Crippen MR) is 154 cm³/mol. The summed E-state index contributed by atoms with van der Waals surface area (Å²) in [6.45, 7) is 0.275. The molecule has 2 fully saturated rings. The molecule has 2 amide bonds. The molecule has 1 aromatic carbocycles. The largest absolute Gasteiger partial charge is 0.418 e. The van der Waals surface area contributed by atoms with Crippen molar-refractivity contribution in [1.29, 1.82) is 0 Å². The quantitative estimate of drug-likeness (QED) is 0.287. The van der Waals surface area contributed by atoms with Crippen molar-refractivity contribution in [1.82, 2.24) is 30.0 Å². The fourth-order valence-corrected chi connectivity index (χ4v) is 6.46. The first-order chi connectivity index (χ1) is 20.9. The Morgan fingerprint density at radius 1 is 1.18 bits per heavy atom. The van der Waals surface area contributed by atoms with Gasteiger partial charge in [-0.3, -0.25) is 19.4 Å². The summed E-state index contributed by atoms with van der Waals surface area (Å²) < 4.78 is 70.9. The van der Waals surface area contributed by atoms with Gasteiger partial charge in [0.05, 0.1) is 17.8 Å². The number of alkyl halides is 5. The third-order valence-electron chi connectivity index (χ3n) is 8.10. The highest BCUT2D eigenvalue weighted by Gasteiger charge is 2.37. The van der Waals surface area contributed by atoms with Crippen LogP contribution in [0.4, 0.5) is 27.1 Å². The summed E-state index contributed by atoms with van der Waals surface area (Å²) in [5, 5.41) is 9.21. The van der Waals surface area contributed by atoms with Crippen LogP contribution in [0.2, 0.25) is 0 Å². The summed E-state index contributed by atoms with van der Waals surface area (Å²) >= 11 is 1.26. The molecule has 5 rings (SSSR count). The van der Waals surface area contributed by atoms with Gasteiger partial charge in [-0.15, -0.1) is 16.4 Å². The Balaban J connectivity index is 1.40. The first-order valence-electron chi connectivity index (χ1n) is 14.6. The van der Waals surface area contributed by atoms with Crippen LogP contribution < -0.4 is 10.2 Å². The van der Waals surface area contributed by atoms with Crippen LogP contribution in [0.5, 0.6) is 0 Å². The molecular formula is C29H34F5N7O2S. The molecule has 1 aliphatic carbocycles. The Hall–Kier alpha value is -3.46. The highest BCUT2D eigenvalue weighted by atomic mass is 32.1. The van der Waals surface area contributed by atoms with Crippen LogP contribution in [0.25, 0.3) is 5.69 Å². The molecule has 1 aliphatic heterocycles. The fourth-order valence-electron chi connectivity index (χ4n) is 5.83. The molecular weight excluding hydrogens is 605 g/mol. The third kappa shape index (κ3) is 7.60. The second-order valence-corrected chi connectivity index (χ2v) is 12.2. The van der Waals surface area contributed by atoms with Crippen molar-refractivity contribution in [3.05, 3.63) is 53.1 Å². The zero-order valence-electron chi connectivity index (χ0n) is 24.2. The van der Waals surface area contributed by atoms with Gasteiger partial charge < -0.3 is 5.32 Å². The topological polar surface area (TPSA) is 96.2 Å². The van der Waals surface area contributed by atoms with E-state index in [1.165, 1.54) is 34.4 Å². The van der Waals surface area contributed by atoms with Crippen molar-refractivity contribution in [3.8, 4) is 5.69 Å². The highest BCUT2D eigenvalue weighted by Crippen LogP contribution is 2.38. The maximum Gasteiger partial charge on any atom is 0.418 e. The number of nitrogens with one attached hydrogen (secondary N) is 1. The molecule has 2 aromatic heterocycles. The number of nitrogens with zero attached hydrogens (tertiary/aromatic N) is 6. The molecule has 9 nitrogen and oxygen atoms in total. The van der Waals surface area contributed by atoms with Gasteiger partial charge in [0.2, 0.25) is 11.7 Å². The van der Waals surface area contributed by atoms with Crippen molar-refractivity contribution >= 4 is 28.3 Å². The van der Waals surface area contributed by atoms with E-state index in [4.69, 9.17) is 0 Å². The molecule has 1 atom stereocenters. The number of thiazole rings is 1. The maximum atomic E-state index is 14.0. The fraction of sp³-hybridized carbons (Fsp3) is 0.552. The van der Waals surface area contributed by atoms with Gasteiger partial charge >= 0.3 is 6.18 Å². The number of carbonyl (C=O) groups is 2. The Bertz CT molecular complexity index is 1440. The molecule has 44 heavy (non-hydrogen) atoms. The lowest BCUT2D eigenvalue weighted by molar-refractivity contribution is -0.137. The second-order valence-electron chi connectivity index (χ2n) is 11.4. The second kappa shape index (κ2) is 13.3. The number of aromatic nitrogens is 4. The Morgan fingerprint density at radius 2 is 1.93 bits per heavy atom. The number of piperidine rings is 1. The predicted octanol–water partition coefficient (Wildman–Crippen LogP) is 5.67. The molecule has 0 radical (unpaired) electrons. The van der Waals surface area contributed by atoms with E-state index in [0.29, 0.717) is 30.9 Å². The molecule has 238 valence electrons. The molecule has 1 N–H and O–H groups in total. The summed E-state index contributed by atoms with van der Waals surface area (Å²) in [6, 6.07) is 4.23. The maximum absolute atomic E-state index is 14.0. The minimum atomic E-state index is -4.65. The number of hydrogen-bond acceptors (Lipinski definition) is 7. The van der Waals surface area contributed by atoms with Crippen LogP contribution >= 0.6 is 11.3 Å². The summed E-state index contributed by atoms with van der Waals surface area (Å²) in [5.74, 6) is -4.13. The standard InChI is InChI=1S/C29H34F5N7O2S/c1-39(27-35-13-16-44-27)23(42)17-20(11-15-40-14-6-12-28(30,31)18-40)36-26(43)24-37-25(19-7-2-3-8-19)41(38-24)22-10-5-4-9-21(22)29(32,33)34/h4-5,9-10,13,16,19-20H,2-3,6-8,11-12,14-15,17-18H2,1H3,(H,36,43). The van der Waals surface area contributed by atoms with E-state index < -0.39 is 36.2 Å². The molecule has 15 heteroatoms. The van der Waals surface area contributed by atoms with Crippen LogP contribution in [0.3, 0.4) is 0 Å². The average molecular weight is 640 g/mol. The van der Waals surface area contributed by atoms with Gasteiger partial charge in [-0.1, -0.05) is 25.0 Å². The van der Waals surface area contributed by atoms with Crippen LogP contribution in [0.1, 0.15) is 79.3 Å². The Kier molecular flexibility index (Phi) is 9.63. The molecule has 1 unspecified atom stereocenters. The molecule has 3 aromatic rings. The minimum absolute atomic E-state index is 0.154. The lowest BCUT2D eigenvalue weighted by Gasteiger charge is -2.33. The van der Waals surface area contributed by atoms with Crippen molar-refractivity contribution in [3.63, 3.8) is 0 Å². The normalized spacial score (nSPS) is 18.3. The van der Waals surface area contributed by atoms with Gasteiger partial charge in [-0.2, -0.15) is 13.2 Å². The molecule has 2 aliphatic rings. The van der Waals surface area contributed by atoms with E-state index in [2.05, 4.69) is 20.4 Å². The van der Waals surface area contributed by atoms with E-state index in [-0.39, 0.29) is 55.0 Å². The van der Waals surface area contributed by atoms with Crippen LogP contribution in [-0.4, -0.2) is 75.1 Å². The molecule has 3 heterocycles. The zero-order valence-corrected chi connectivity index (χ0v) is 25.0. The SMILES string of the molecule is CN(C(=O)CC(CCN1CCCC(F)(F)C1)NC(=O)c1nc(C2CCCC2)n(-c2ccccc2C(F)(F)F)n1)c1nccs1. The first kappa shape index (κ1) is 31.9. The number of para-hydroxylation sites is 1. The Morgan fingerprint density at radius 3 is 2.61 bits per heavy atom. The lowest BCUT2D eigenvalue weighted by Crippen LogP contribution is -2.46. The summed E-state index contributed by atoms with van der Waals surface area (Å²) in [4.78, 5) is 38.2. The van der Waals surface area contributed by atoms with Crippen molar-refractivity contribution in [2.75, 3.05) is 31.6 Å². The number of likely N-dealkylation sites (tertiary alicyclic amines) is 1. The Labute approximate surface area is 255 Å². The molecule has 0 spiro atoms. The first-order valence-corrected chi connectivity index (χ1v) is 15.5. The van der Waals surface area contributed by atoms with Gasteiger partial charge in [0.15, 0.2) is 5.13 Å². The van der Waals surface area contributed by atoms with Gasteiger partial charge in [0, 0.05) is 50.0 Å². The van der Waals surface area contributed by atoms with Crippen molar-refractivity contribution in [2.45, 2.75) is 75.4 Å². The average Bonchev–Trinajstić information content (AvgIpc) is 3.76. The van der Waals surface area contributed by atoms with Crippen LogP contribution in [0, 0.1) is 0 Å². The summed E-state index contributed by atoms with van der Waals surface area (Å²) in [7, 11) is 1.56. The monoisotopic (exact) mass is 639 g/mol. The lowest BCUT2D eigenvalue weighted by atomic mass is 10.0. The smallest absolute Gasteiger partial charge is 0.346 e.